The van der Waals surface area contributed by atoms with Gasteiger partial charge in [0.25, 0.3) is 0 Å². The predicted octanol–water partition coefficient (Wildman–Crippen LogP) is 1.45. The molecule has 4 N–H and O–H groups in total. The van der Waals surface area contributed by atoms with Gasteiger partial charge in [-0.2, -0.15) is 0 Å². The molecule has 2 rings (SSSR count). The van der Waals surface area contributed by atoms with Crippen molar-refractivity contribution in [3.63, 3.8) is 0 Å². The van der Waals surface area contributed by atoms with E-state index < -0.39 is 5.00 Å². The Morgan fingerprint density at radius 2 is 2.29 bits per heavy atom. The first-order valence-corrected chi connectivity index (χ1v) is 4.64. The van der Waals surface area contributed by atoms with Gasteiger partial charge in [-0.3, -0.25) is 0 Å². The molecule has 0 radical (unpaired) electrons. The summed E-state index contributed by atoms with van der Waals surface area (Å²) in [7, 11) is 0. The number of hydrogen-bond donors (Lipinski definition) is 2. The van der Waals surface area contributed by atoms with Crippen LogP contribution in [0.1, 0.15) is 5.56 Å². The minimum absolute atomic E-state index is 0.178. The van der Waals surface area contributed by atoms with Gasteiger partial charge in [0.05, 0.1) is 12.5 Å². The minimum Gasteiger partial charge on any atom is -0.472 e. The maximum Gasteiger partial charge on any atom is 0.129 e. The van der Waals surface area contributed by atoms with Gasteiger partial charge in [0.1, 0.15) is 5.00 Å². The highest BCUT2D eigenvalue weighted by molar-refractivity contribution is 6.26. The standard InChI is InChI=1S/C10H11ClN2O/c11-10(13)3-1-9(12)8(5-10)7-2-4-14-6-7/h1-6,9H,12-13H2. The van der Waals surface area contributed by atoms with Crippen LogP contribution in [0.25, 0.3) is 5.57 Å². The first-order valence-electron chi connectivity index (χ1n) is 4.26. The Morgan fingerprint density at radius 3 is 2.93 bits per heavy atom. The SMILES string of the molecule is NC1C=CC(N)(Cl)C=C1c1ccoc1. The smallest absolute Gasteiger partial charge is 0.129 e. The maximum atomic E-state index is 5.98. The van der Waals surface area contributed by atoms with E-state index in [4.69, 9.17) is 27.5 Å². The Kier molecular flexibility index (Phi) is 2.23. The van der Waals surface area contributed by atoms with E-state index in [1.807, 2.05) is 6.07 Å². The first kappa shape index (κ1) is 9.52. The lowest BCUT2D eigenvalue weighted by Crippen LogP contribution is -2.34. The first-order chi connectivity index (χ1) is 6.58. The van der Waals surface area contributed by atoms with E-state index >= 15 is 0 Å². The van der Waals surface area contributed by atoms with Crippen LogP contribution in [0.2, 0.25) is 0 Å². The summed E-state index contributed by atoms with van der Waals surface area (Å²) >= 11 is 5.98. The summed E-state index contributed by atoms with van der Waals surface area (Å²) in [5.74, 6) is 0. The molecule has 4 heteroatoms. The summed E-state index contributed by atoms with van der Waals surface area (Å²) in [5, 5.41) is 0. The molecule has 0 bridgehead atoms. The largest absolute Gasteiger partial charge is 0.472 e. The van der Waals surface area contributed by atoms with Crippen LogP contribution in [-0.4, -0.2) is 11.0 Å². The second-order valence-electron chi connectivity index (χ2n) is 3.32. The molecule has 0 aromatic carbocycles. The molecule has 0 aliphatic heterocycles. The van der Waals surface area contributed by atoms with Crippen molar-refractivity contribution in [2.24, 2.45) is 11.5 Å². The Labute approximate surface area is 87.0 Å². The van der Waals surface area contributed by atoms with E-state index in [1.165, 1.54) is 0 Å². The third kappa shape index (κ3) is 1.75. The normalized spacial score (nSPS) is 31.6. The summed E-state index contributed by atoms with van der Waals surface area (Å²) in [5.41, 5.74) is 13.4. The number of hydrogen-bond acceptors (Lipinski definition) is 3. The molecule has 0 saturated heterocycles. The maximum absolute atomic E-state index is 5.98. The van der Waals surface area contributed by atoms with Crippen molar-refractivity contribution in [3.05, 3.63) is 42.4 Å². The highest BCUT2D eigenvalue weighted by atomic mass is 35.5. The minimum atomic E-state index is -0.942. The molecule has 2 atom stereocenters. The monoisotopic (exact) mass is 210 g/mol. The van der Waals surface area contributed by atoms with Crippen molar-refractivity contribution in [2.45, 2.75) is 11.0 Å². The van der Waals surface area contributed by atoms with Crippen molar-refractivity contribution >= 4 is 17.2 Å². The van der Waals surface area contributed by atoms with Crippen LogP contribution in [-0.2, 0) is 0 Å². The van der Waals surface area contributed by atoms with Gasteiger partial charge >= 0.3 is 0 Å². The lowest BCUT2D eigenvalue weighted by molar-refractivity contribution is 0.566. The van der Waals surface area contributed by atoms with Crippen molar-refractivity contribution in [3.8, 4) is 0 Å². The molecule has 1 aromatic rings. The Hall–Kier alpha value is -1.03. The van der Waals surface area contributed by atoms with Gasteiger partial charge in [0.15, 0.2) is 0 Å². The zero-order valence-electron chi connectivity index (χ0n) is 7.48. The van der Waals surface area contributed by atoms with E-state index in [1.54, 1.807) is 30.8 Å². The average Bonchev–Trinajstić information content (AvgIpc) is 2.62. The molecule has 74 valence electrons. The molecule has 0 amide bonds. The van der Waals surface area contributed by atoms with Gasteiger partial charge < -0.3 is 15.9 Å². The number of furan rings is 1. The summed E-state index contributed by atoms with van der Waals surface area (Å²) < 4.78 is 4.98. The third-order valence-corrected chi connectivity index (χ3v) is 2.38. The second-order valence-corrected chi connectivity index (χ2v) is 3.98. The third-order valence-electron chi connectivity index (χ3n) is 2.15. The van der Waals surface area contributed by atoms with Gasteiger partial charge in [-0.1, -0.05) is 17.7 Å². The van der Waals surface area contributed by atoms with E-state index in [9.17, 15) is 0 Å². The Bertz CT molecular complexity index is 379. The summed E-state index contributed by atoms with van der Waals surface area (Å²) in [6.07, 6.45) is 8.42. The predicted molar refractivity (Wildman–Crippen MR) is 56.6 cm³/mol. The molecular formula is C10H11ClN2O. The number of alkyl halides is 1. The Morgan fingerprint density at radius 1 is 1.50 bits per heavy atom. The van der Waals surface area contributed by atoms with Crippen molar-refractivity contribution < 1.29 is 4.42 Å². The zero-order chi connectivity index (χ0) is 10.2. The molecule has 1 heterocycles. The van der Waals surface area contributed by atoms with Gasteiger partial charge in [-0.05, 0) is 23.8 Å². The van der Waals surface area contributed by atoms with Crippen molar-refractivity contribution in [1.29, 1.82) is 0 Å². The fraction of sp³-hybridized carbons (Fsp3) is 0.200. The lowest BCUT2D eigenvalue weighted by atomic mass is 9.94. The van der Waals surface area contributed by atoms with E-state index in [0.717, 1.165) is 11.1 Å². The van der Waals surface area contributed by atoms with Crippen LogP contribution in [0, 0.1) is 0 Å². The van der Waals surface area contributed by atoms with Crippen LogP contribution in [0.5, 0.6) is 0 Å². The topological polar surface area (TPSA) is 65.2 Å². The highest BCUT2D eigenvalue weighted by Crippen LogP contribution is 2.28. The molecule has 1 aromatic heterocycles. The molecule has 0 spiro atoms. The molecule has 2 unspecified atom stereocenters. The van der Waals surface area contributed by atoms with Crippen LogP contribution >= 0.6 is 11.6 Å². The van der Waals surface area contributed by atoms with E-state index in [-0.39, 0.29) is 6.04 Å². The fourth-order valence-electron chi connectivity index (χ4n) is 1.44. The number of rotatable bonds is 1. The molecule has 0 saturated carbocycles. The van der Waals surface area contributed by atoms with Gasteiger partial charge in [-0.25, -0.2) is 0 Å². The quantitative estimate of drug-likeness (QED) is 0.419. The molecular weight excluding hydrogens is 200 g/mol. The van der Waals surface area contributed by atoms with Crippen LogP contribution in [0.4, 0.5) is 0 Å². The fourth-order valence-corrected chi connectivity index (χ4v) is 1.63. The Balaban J connectivity index is 2.39. The molecule has 1 aliphatic rings. The lowest BCUT2D eigenvalue weighted by Gasteiger charge is -2.23. The number of nitrogens with two attached hydrogens (primary N) is 2. The van der Waals surface area contributed by atoms with E-state index in [2.05, 4.69) is 0 Å². The van der Waals surface area contributed by atoms with E-state index in [0.29, 0.717) is 0 Å². The van der Waals surface area contributed by atoms with Crippen molar-refractivity contribution in [1.82, 2.24) is 0 Å². The molecule has 0 fully saturated rings. The van der Waals surface area contributed by atoms with Crippen LogP contribution in [0.15, 0.2) is 41.2 Å². The van der Waals surface area contributed by atoms with Crippen LogP contribution in [0.3, 0.4) is 0 Å². The zero-order valence-corrected chi connectivity index (χ0v) is 8.24. The molecule has 14 heavy (non-hydrogen) atoms. The second kappa shape index (κ2) is 3.28. The van der Waals surface area contributed by atoms with Crippen LogP contribution < -0.4 is 11.5 Å². The molecule has 3 nitrogen and oxygen atoms in total. The van der Waals surface area contributed by atoms with Crippen molar-refractivity contribution in [2.75, 3.05) is 0 Å². The summed E-state index contributed by atoms with van der Waals surface area (Å²) in [6, 6.07) is 1.65. The molecule has 1 aliphatic carbocycles. The highest BCUT2D eigenvalue weighted by Gasteiger charge is 2.23. The summed E-state index contributed by atoms with van der Waals surface area (Å²) in [6.45, 7) is 0. The average molecular weight is 211 g/mol. The summed E-state index contributed by atoms with van der Waals surface area (Å²) in [4.78, 5) is -0.942. The van der Waals surface area contributed by atoms with Gasteiger partial charge in [0, 0.05) is 11.6 Å². The van der Waals surface area contributed by atoms with Gasteiger partial charge in [0.2, 0.25) is 0 Å². The number of halogens is 1. The van der Waals surface area contributed by atoms with Gasteiger partial charge in [-0.15, -0.1) is 0 Å².